The van der Waals surface area contributed by atoms with Gasteiger partial charge in [0.1, 0.15) is 5.65 Å². The fourth-order valence-corrected chi connectivity index (χ4v) is 2.26. The molecule has 2 aromatic rings. The summed E-state index contributed by atoms with van der Waals surface area (Å²) in [5.74, 6) is -0.175. The van der Waals surface area contributed by atoms with Crippen LogP contribution in [0.5, 0.6) is 0 Å². The van der Waals surface area contributed by atoms with Crippen LogP contribution in [0.4, 0.5) is 0 Å². The van der Waals surface area contributed by atoms with Crippen molar-refractivity contribution >= 4 is 11.6 Å². The quantitative estimate of drug-likeness (QED) is 0.739. The van der Waals surface area contributed by atoms with Crippen LogP contribution in [0.25, 0.3) is 5.65 Å². The van der Waals surface area contributed by atoms with E-state index in [2.05, 4.69) is 4.98 Å². The molecule has 0 radical (unpaired) electrons. The number of ether oxygens (including phenoxy) is 1. The second-order valence-electron chi connectivity index (χ2n) is 4.65. The number of carbonyl (C=O) groups excluding carboxylic acids is 1. The van der Waals surface area contributed by atoms with Gasteiger partial charge in [-0.2, -0.15) is 0 Å². The predicted octanol–water partition coefficient (Wildman–Crippen LogP) is 0.449. The molecule has 1 aliphatic rings. The molecule has 0 unspecified atom stereocenters. The highest BCUT2D eigenvalue weighted by Crippen LogP contribution is 2.48. The highest BCUT2D eigenvalue weighted by Gasteiger charge is 2.51. The first-order valence-electron chi connectivity index (χ1n) is 5.77. The lowest BCUT2D eigenvalue weighted by Gasteiger charge is -2.13. The minimum Gasteiger partial charge on any atom is -0.469 e. The first-order chi connectivity index (χ1) is 8.66. The third kappa shape index (κ3) is 1.53. The van der Waals surface area contributed by atoms with Gasteiger partial charge >= 0.3 is 11.7 Å². The van der Waals surface area contributed by atoms with Gasteiger partial charge in [0.25, 0.3) is 0 Å². The van der Waals surface area contributed by atoms with Crippen LogP contribution in [0.1, 0.15) is 12.8 Å². The smallest absolute Gasteiger partial charge is 0.353 e. The molecule has 0 amide bonds. The lowest BCUT2D eigenvalue weighted by molar-refractivity contribution is -0.147. The van der Waals surface area contributed by atoms with Crippen molar-refractivity contribution in [3.05, 3.63) is 35.1 Å². The van der Waals surface area contributed by atoms with Crippen molar-refractivity contribution in [3.63, 3.8) is 0 Å². The van der Waals surface area contributed by atoms with Gasteiger partial charge < -0.3 is 9.30 Å². The average Bonchev–Trinajstić information content (AvgIpc) is 3.04. The molecule has 1 fully saturated rings. The van der Waals surface area contributed by atoms with Crippen molar-refractivity contribution in [1.82, 2.24) is 14.0 Å². The molecule has 0 aliphatic heterocycles. The normalized spacial score (nSPS) is 16.7. The van der Waals surface area contributed by atoms with Gasteiger partial charge in [-0.1, -0.05) is 0 Å². The third-order valence-corrected chi connectivity index (χ3v) is 3.50. The second-order valence-corrected chi connectivity index (χ2v) is 4.65. The van der Waals surface area contributed by atoms with Crippen molar-refractivity contribution in [1.29, 1.82) is 0 Å². The fourth-order valence-electron chi connectivity index (χ4n) is 2.26. The van der Waals surface area contributed by atoms with Gasteiger partial charge in [0.05, 0.1) is 12.5 Å². The van der Waals surface area contributed by atoms with Gasteiger partial charge in [-0.3, -0.25) is 9.20 Å². The molecule has 0 bridgehead atoms. The average molecular weight is 247 g/mol. The number of esters is 1. The van der Waals surface area contributed by atoms with Crippen LogP contribution in [0.2, 0.25) is 0 Å². The molecule has 0 saturated heterocycles. The highest BCUT2D eigenvalue weighted by molar-refractivity contribution is 5.79. The van der Waals surface area contributed by atoms with Gasteiger partial charge in [0.15, 0.2) is 0 Å². The molecule has 1 aliphatic carbocycles. The minimum atomic E-state index is -0.409. The molecule has 2 heterocycles. The lowest BCUT2D eigenvalue weighted by Crippen LogP contribution is -2.23. The second kappa shape index (κ2) is 3.69. The zero-order valence-electron chi connectivity index (χ0n) is 10.00. The summed E-state index contributed by atoms with van der Waals surface area (Å²) in [6.07, 6.45) is 6.60. The molecule has 0 spiro atoms. The van der Waals surface area contributed by atoms with Crippen LogP contribution in [-0.4, -0.2) is 27.0 Å². The highest BCUT2D eigenvalue weighted by atomic mass is 16.5. The molecule has 0 N–H and O–H groups in total. The number of carbonyl (C=O) groups is 1. The monoisotopic (exact) mass is 247 g/mol. The molecule has 1 saturated carbocycles. The summed E-state index contributed by atoms with van der Waals surface area (Å²) in [5.41, 5.74) is 0.0208. The van der Waals surface area contributed by atoms with Crippen LogP contribution in [0.3, 0.4) is 0 Å². The summed E-state index contributed by atoms with van der Waals surface area (Å²) < 4.78 is 8.19. The zero-order valence-corrected chi connectivity index (χ0v) is 10.00. The molecule has 0 aromatic carbocycles. The molecule has 94 valence electrons. The molecular formula is C12H13N3O3. The Balaban J connectivity index is 1.99. The molecule has 6 heteroatoms. The van der Waals surface area contributed by atoms with Gasteiger partial charge in [-0.05, 0) is 18.9 Å². The molecule has 3 rings (SSSR count). The Bertz CT molecular complexity index is 667. The van der Waals surface area contributed by atoms with Gasteiger partial charge in [0, 0.05) is 25.1 Å². The molecular weight excluding hydrogens is 234 g/mol. The SMILES string of the molecule is COC(=O)C1(Cn2ccn3c(=O)nccc23)CC1. The van der Waals surface area contributed by atoms with E-state index >= 15 is 0 Å². The van der Waals surface area contributed by atoms with Crippen LogP contribution in [-0.2, 0) is 16.1 Å². The van der Waals surface area contributed by atoms with Crippen LogP contribution >= 0.6 is 0 Å². The standard InChI is InChI=1S/C12H13N3O3/c1-18-10(16)12(3-4-12)8-14-6-7-15-9(14)2-5-13-11(15)17/h2,5-7H,3-4,8H2,1H3. The predicted molar refractivity (Wildman–Crippen MR) is 63.1 cm³/mol. The number of fused-ring (bicyclic) bond motifs is 1. The van der Waals surface area contributed by atoms with Crippen LogP contribution < -0.4 is 5.69 Å². The lowest BCUT2D eigenvalue weighted by atomic mass is 10.1. The van der Waals surface area contributed by atoms with E-state index < -0.39 is 5.41 Å². The van der Waals surface area contributed by atoms with Gasteiger partial charge in [-0.15, -0.1) is 0 Å². The van der Waals surface area contributed by atoms with Crippen molar-refractivity contribution in [2.75, 3.05) is 7.11 Å². The molecule has 18 heavy (non-hydrogen) atoms. The maximum atomic E-state index is 11.7. The van der Waals surface area contributed by atoms with Crippen LogP contribution in [0, 0.1) is 5.41 Å². The van der Waals surface area contributed by atoms with E-state index in [1.54, 1.807) is 18.5 Å². The van der Waals surface area contributed by atoms with E-state index in [1.165, 1.54) is 17.7 Å². The largest absolute Gasteiger partial charge is 0.469 e. The number of imidazole rings is 1. The first kappa shape index (κ1) is 11.0. The number of nitrogens with zero attached hydrogens (tertiary/aromatic N) is 3. The Hall–Kier alpha value is -2.11. The summed E-state index contributed by atoms with van der Waals surface area (Å²) in [4.78, 5) is 26.9. The molecule has 2 aromatic heterocycles. The van der Waals surface area contributed by atoms with Crippen molar-refractivity contribution < 1.29 is 9.53 Å². The first-order valence-corrected chi connectivity index (χ1v) is 5.77. The summed E-state index contributed by atoms with van der Waals surface area (Å²) in [5, 5.41) is 0. The summed E-state index contributed by atoms with van der Waals surface area (Å²) >= 11 is 0. The summed E-state index contributed by atoms with van der Waals surface area (Å²) in [6.45, 7) is 0.541. The molecule has 6 nitrogen and oxygen atoms in total. The van der Waals surface area contributed by atoms with E-state index in [9.17, 15) is 9.59 Å². The number of hydrogen-bond acceptors (Lipinski definition) is 4. The molecule has 0 atom stereocenters. The maximum Gasteiger partial charge on any atom is 0.353 e. The minimum absolute atomic E-state index is 0.175. The van der Waals surface area contributed by atoms with E-state index in [0.29, 0.717) is 6.54 Å². The number of aromatic nitrogens is 3. The Labute approximate surface area is 103 Å². The number of rotatable bonds is 3. The zero-order chi connectivity index (χ0) is 12.8. The van der Waals surface area contributed by atoms with Gasteiger partial charge in [-0.25, -0.2) is 9.78 Å². The van der Waals surface area contributed by atoms with E-state index in [0.717, 1.165) is 18.5 Å². The van der Waals surface area contributed by atoms with E-state index in [4.69, 9.17) is 4.74 Å². The Morgan fingerprint density at radius 2 is 2.28 bits per heavy atom. The number of methoxy groups -OCH3 is 1. The third-order valence-electron chi connectivity index (χ3n) is 3.50. The van der Waals surface area contributed by atoms with Crippen LogP contribution in [0.15, 0.2) is 29.5 Å². The Morgan fingerprint density at radius 3 is 2.94 bits per heavy atom. The van der Waals surface area contributed by atoms with Crippen molar-refractivity contribution in [2.45, 2.75) is 19.4 Å². The topological polar surface area (TPSA) is 65.6 Å². The van der Waals surface area contributed by atoms with E-state index in [1.807, 2.05) is 4.57 Å². The summed E-state index contributed by atoms with van der Waals surface area (Å²) in [7, 11) is 1.41. The Morgan fingerprint density at radius 1 is 1.50 bits per heavy atom. The maximum absolute atomic E-state index is 11.7. The number of hydrogen-bond donors (Lipinski definition) is 0. The Kier molecular flexibility index (Phi) is 2.26. The summed E-state index contributed by atoms with van der Waals surface area (Å²) in [6, 6.07) is 1.76. The van der Waals surface area contributed by atoms with E-state index in [-0.39, 0.29) is 11.7 Å². The fraction of sp³-hybridized carbons (Fsp3) is 0.417. The van der Waals surface area contributed by atoms with Crippen molar-refractivity contribution in [2.24, 2.45) is 5.41 Å². The van der Waals surface area contributed by atoms with Gasteiger partial charge in [0.2, 0.25) is 0 Å². The van der Waals surface area contributed by atoms with Crippen molar-refractivity contribution in [3.8, 4) is 0 Å².